The Kier molecular flexibility index (Phi) is 3.24. The number of para-hydroxylation sites is 1. The standard InChI is InChI=1S/C17H15N5O/c18-8-12-2-1-3-13(9-19)15(12)22-7-6-14(10-22)17-20-16(21-23-17)11-4-5-11/h1-3,11,14H,4-7,10H2/t14-/m1/s1. The van der Waals surface area contributed by atoms with E-state index in [-0.39, 0.29) is 5.92 Å². The molecule has 1 aromatic carbocycles. The fourth-order valence-corrected chi connectivity index (χ4v) is 3.15. The molecule has 1 aromatic heterocycles. The summed E-state index contributed by atoms with van der Waals surface area (Å²) < 4.78 is 5.43. The van der Waals surface area contributed by atoms with Crippen molar-refractivity contribution in [1.29, 1.82) is 10.5 Å². The maximum Gasteiger partial charge on any atom is 0.231 e. The summed E-state index contributed by atoms with van der Waals surface area (Å²) >= 11 is 0. The highest BCUT2D eigenvalue weighted by Gasteiger charge is 2.33. The second-order valence-corrected chi connectivity index (χ2v) is 6.12. The summed E-state index contributed by atoms with van der Waals surface area (Å²) in [6, 6.07) is 9.62. The largest absolute Gasteiger partial charge is 0.369 e. The zero-order chi connectivity index (χ0) is 15.8. The van der Waals surface area contributed by atoms with Gasteiger partial charge in [-0.2, -0.15) is 15.5 Å². The van der Waals surface area contributed by atoms with Crippen LogP contribution in [0.3, 0.4) is 0 Å². The van der Waals surface area contributed by atoms with Crippen LogP contribution in [0.15, 0.2) is 22.7 Å². The highest BCUT2D eigenvalue weighted by Crippen LogP contribution is 2.39. The van der Waals surface area contributed by atoms with Crippen LogP contribution in [0.5, 0.6) is 0 Å². The van der Waals surface area contributed by atoms with E-state index in [4.69, 9.17) is 4.52 Å². The second-order valence-electron chi connectivity index (χ2n) is 6.12. The molecule has 0 radical (unpaired) electrons. The van der Waals surface area contributed by atoms with E-state index in [9.17, 15) is 10.5 Å². The van der Waals surface area contributed by atoms with Crippen LogP contribution in [0.1, 0.15) is 53.9 Å². The second kappa shape index (κ2) is 5.40. The molecule has 0 unspecified atom stereocenters. The van der Waals surface area contributed by atoms with Gasteiger partial charge < -0.3 is 9.42 Å². The zero-order valence-electron chi connectivity index (χ0n) is 12.6. The van der Waals surface area contributed by atoms with Crippen LogP contribution in [0.2, 0.25) is 0 Å². The van der Waals surface area contributed by atoms with Gasteiger partial charge in [-0.15, -0.1) is 0 Å². The number of aromatic nitrogens is 2. The van der Waals surface area contributed by atoms with Crippen molar-refractivity contribution < 1.29 is 4.52 Å². The third kappa shape index (κ3) is 2.43. The molecule has 6 heteroatoms. The van der Waals surface area contributed by atoms with E-state index in [1.807, 2.05) is 0 Å². The van der Waals surface area contributed by atoms with Crippen LogP contribution in [-0.4, -0.2) is 23.2 Å². The Bertz CT molecular complexity index is 792. The van der Waals surface area contributed by atoms with E-state index < -0.39 is 0 Å². The van der Waals surface area contributed by atoms with Gasteiger partial charge in [-0.3, -0.25) is 0 Å². The van der Waals surface area contributed by atoms with E-state index in [0.29, 0.717) is 29.5 Å². The maximum atomic E-state index is 9.33. The summed E-state index contributed by atoms with van der Waals surface area (Å²) in [4.78, 5) is 6.62. The maximum absolute atomic E-state index is 9.33. The van der Waals surface area contributed by atoms with E-state index in [0.717, 1.165) is 37.3 Å². The molecule has 1 saturated heterocycles. The van der Waals surface area contributed by atoms with Crippen LogP contribution >= 0.6 is 0 Å². The minimum atomic E-state index is 0.160. The van der Waals surface area contributed by atoms with Gasteiger partial charge in [-0.05, 0) is 31.4 Å². The molecule has 2 aromatic rings. The first-order chi connectivity index (χ1) is 11.3. The molecule has 4 rings (SSSR count). The number of benzene rings is 1. The number of hydrogen-bond acceptors (Lipinski definition) is 6. The van der Waals surface area contributed by atoms with Crippen molar-refractivity contribution in [3.63, 3.8) is 0 Å². The molecule has 0 bridgehead atoms. The topological polar surface area (TPSA) is 89.7 Å². The molecule has 1 saturated carbocycles. The number of nitriles is 2. The Labute approximate surface area is 133 Å². The van der Waals surface area contributed by atoms with Gasteiger partial charge in [0.2, 0.25) is 5.89 Å². The lowest BCUT2D eigenvalue weighted by Gasteiger charge is -2.20. The molecular weight excluding hydrogens is 290 g/mol. The lowest BCUT2D eigenvalue weighted by molar-refractivity contribution is 0.355. The van der Waals surface area contributed by atoms with Crippen molar-refractivity contribution in [2.75, 3.05) is 18.0 Å². The van der Waals surface area contributed by atoms with Crippen LogP contribution in [0.4, 0.5) is 5.69 Å². The SMILES string of the molecule is N#Cc1cccc(C#N)c1N1CC[C@@H](c2nc(C3CC3)no2)C1. The van der Waals surface area contributed by atoms with Crippen molar-refractivity contribution in [3.8, 4) is 12.1 Å². The normalized spacial score (nSPS) is 20.3. The Morgan fingerprint density at radius 1 is 1.09 bits per heavy atom. The molecule has 2 heterocycles. The molecule has 2 aliphatic rings. The predicted molar refractivity (Wildman–Crippen MR) is 81.7 cm³/mol. The molecule has 0 N–H and O–H groups in total. The molecule has 1 aliphatic heterocycles. The third-order valence-corrected chi connectivity index (χ3v) is 4.53. The Morgan fingerprint density at radius 2 is 1.83 bits per heavy atom. The predicted octanol–water partition coefficient (Wildman–Crippen LogP) is 2.68. The van der Waals surface area contributed by atoms with Crippen molar-refractivity contribution in [1.82, 2.24) is 10.1 Å². The van der Waals surface area contributed by atoms with E-state index in [2.05, 4.69) is 27.2 Å². The fraction of sp³-hybridized carbons (Fsp3) is 0.412. The van der Waals surface area contributed by atoms with Crippen LogP contribution < -0.4 is 4.90 Å². The van der Waals surface area contributed by atoms with Crippen molar-refractivity contribution in [2.45, 2.75) is 31.1 Å². The average Bonchev–Trinajstić information content (AvgIpc) is 3.13. The summed E-state index contributed by atoms with van der Waals surface area (Å²) in [5.74, 6) is 2.15. The van der Waals surface area contributed by atoms with E-state index >= 15 is 0 Å². The monoisotopic (exact) mass is 305 g/mol. The fourth-order valence-electron chi connectivity index (χ4n) is 3.15. The van der Waals surface area contributed by atoms with E-state index in [1.165, 1.54) is 0 Å². The minimum Gasteiger partial charge on any atom is -0.369 e. The van der Waals surface area contributed by atoms with Gasteiger partial charge in [0.1, 0.15) is 12.1 Å². The molecule has 114 valence electrons. The van der Waals surface area contributed by atoms with Gasteiger partial charge in [-0.25, -0.2) is 0 Å². The first-order valence-electron chi connectivity index (χ1n) is 7.82. The lowest BCUT2D eigenvalue weighted by Crippen LogP contribution is -2.21. The van der Waals surface area contributed by atoms with Crippen LogP contribution in [0.25, 0.3) is 0 Å². The van der Waals surface area contributed by atoms with Gasteiger partial charge in [0.15, 0.2) is 5.82 Å². The van der Waals surface area contributed by atoms with Gasteiger partial charge in [0.25, 0.3) is 0 Å². The summed E-state index contributed by atoms with van der Waals surface area (Å²) in [5, 5.41) is 22.7. The van der Waals surface area contributed by atoms with Gasteiger partial charge in [0, 0.05) is 19.0 Å². The quantitative estimate of drug-likeness (QED) is 0.866. The number of anilines is 1. The molecule has 23 heavy (non-hydrogen) atoms. The summed E-state index contributed by atoms with van der Waals surface area (Å²) in [6.45, 7) is 1.47. The molecule has 1 aliphatic carbocycles. The molecule has 1 atom stereocenters. The Balaban J connectivity index is 1.59. The third-order valence-electron chi connectivity index (χ3n) is 4.53. The molecule has 0 spiro atoms. The molecule has 6 nitrogen and oxygen atoms in total. The van der Waals surface area contributed by atoms with Gasteiger partial charge in [0.05, 0.1) is 22.7 Å². The summed E-state index contributed by atoms with van der Waals surface area (Å²) in [5.41, 5.74) is 1.80. The highest BCUT2D eigenvalue weighted by molar-refractivity contribution is 5.68. The molecule has 2 fully saturated rings. The smallest absolute Gasteiger partial charge is 0.231 e. The summed E-state index contributed by atoms with van der Waals surface area (Å²) in [7, 11) is 0. The molecular formula is C17H15N5O. The van der Waals surface area contributed by atoms with Crippen LogP contribution in [0, 0.1) is 22.7 Å². The highest BCUT2D eigenvalue weighted by atomic mass is 16.5. The zero-order valence-corrected chi connectivity index (χ0v) is 12.6. The van der Waals surface area contributed by atoms with Crippen molar-refractivity contribution in [2.24, 2.45) is 0 Å². The van der Waals surface area contributed by atoms with Crippen LogP contribution in [-0.2, 0) is 0 Å². The van der Waals surface area contributed by atoms with Crippen molar-refractivity contribution >= 4 is 5.69 Å². The number of hydrogen-bond donors (Lipinski definition) is 0. The lowest BCUT2D eigenvalue weighted by atomic mass is 10.1. The number of nitrogens with zero attached hydrogens (tertiary/aromatic N) is 5. The number of rotatable bonds is 3. The van der Waals surface area contributed by atoms with Gasteiger partial charge >= 0.3 is 0 Å². The molecule has 0 amide bonds. The van der Waals surface area contributed by atoms with Gasteiger partial charge in [-0.1, -0.05) is 11.2 Å². The average molecular weight is 305 g/mol. The summed E-state index contributed by atoms with van der Waals surface area (Å²) in [6.07, 6.45) is 3.19. The first-order valence-corrected chi connectivity index (χ1v) is 7.82. The van der Waals surface area contributed by atoms with E-state index in [1.54, 1.807) is 18.2 Å². The first kappa shape index (κ1) is 13.8. The Morgan fingerprint density at radius 3 is 2.48 bits per heavy atom. The van der Waals surface area contributed by atoms with Crippen molar-refractivity contribution in [3.05, 3.63) is 41.0 Å². The Hall–Kier alpha value is -2.86. The minimum absolute atomic E-state index is 0.160.